The molecule has 6 nitrogen and oxygen atoms in total. The number of amides is 2. The molecular weight excluding hydrogens is 260 g/mol. The van der Waals surface area contributed by atoms with Crippen LogP contribution in [-0.4, -0.2) is 30.3 Å². The molecule has 0 heterocycles. The number of hydrogen-bond acceptors (Lipinski definition) is 3. The van der Waals surface area contributed by atoms with E-state index in [0.717, 1.165) is 5.56 Å². The topological polar surface area (TPSA) is 87.7 Å². The molecule has 0 aliphatic heterocycles. The van der Waals surface area contributed by atoms with Crippen molar-refractivity contribution in [1.29, 1.82) is 0 Å². The maximum Gasteiger partial charge on any atom is 0.326 e. The largest absolute Gasteiger partial charge is 0.497 e. The summed E-state index contributed by atoms with van der Waals surface area (Å²) < 4.78 is 5.08. The first-order valence-electron chi connectivity index (χ1n) is 6.30. The van der Waals surface area contributed by atoms with Crippen LogP contribution in [0, 0.1) is 12.8 Å². The van der Waals surface area contributed by atoms with E-state index in [9.17, 15) is 9.59 Å². The molecular formula is C14H20N2O4. The number of carbonyl (C=O) groups is 2. The molecule has 0 fully saturated rings. The first-order chi connectivity index (χ1) is 9.35. The van der Waals surface area contributed by atoms with Gasteiger partial charge in [0.25, 0.3) is 0 Å². The van der Waals surface area contributed by atoms with Gasteiger partial charge in [0.2, 0.25) is 0 Å². The minimum absolute atomic E-state index is 0.199. The van der Waals surface area contributed by atoms with Gasteiger partial charge < -0.3 is 20.5 Å². The molecule has 0 saturated carbocycles. The molecule has 0 aliphatic carbocycles. The van der Waals surface area contributed by atoms with Crippen molar-refractivity contribution < 1.29 is 19.4 Å². The zero-order valence-electron chi connectivity index (χ0n) is 12.1. The monoisotopic (exact) mass is 280 g/mol. The Kier molecular flexibility index (Phi) is 5.37. The van der Waals surface area contributed by atoms with Crippen LogP contribution in [-0.2, 0) is 4.79 Å². The molecule has 3 N–H and O–H groups in total. The van der Waals surface area contributed by atoms with E-state index in [4.69, 9.17) is 9.84 Å². The summed E-state index contributed by atoms with van der Waals surface area (Å²) >= 11 is 0. The number of carboxylic acids is 1. The molecule has 20 heavy (non-hydrogen) atoms. The summed E-state index contributed by atoms with van der Waals surface area (Å²) in [6, 6.07) is 3.75. The molecule has 0 radical (unpaired) electrons. The molecule has 0 saturated heterocycles. The third-order valence-corrected chi connectivity index (χ3v) is 2.90. The predicted octanol–water partition coefficient (Wildman–Crippen LogP) is 2.23. The van der Waals surface area contributed by atoms with Crippen LogP contribution in [0.25, 0.3) is 0 Å². The van der Waals surface area contributed by atoms with E-state index in [1.807, 2.05) is 6.92 Å². The van der Waals surface area contributed by atoms with E-state index in [-0.39, 0.29) is 5.92 Å². The molecule has 1 aromatic rings. The fraction of sp³-hybridized carbons (Fsp3) is 0.429. The Bertz CT molecular complexity index is 500. The second kappa shape index (κ2) is 6.79. The zero-order valence-corrected chi connectivity index (χ0v) is 12.1. The van der Waals surface area contributed by atoms with Crippen LogP contribution >= 0.6 is 0 Å². The van der Waals surface area contributed by atoms with Crippen LogP contribution in [0.2, 0.25) is 0 Å². The minimum atomic E-state index is -1.05. The molecule has 1 aromatic carbocycles. The number of nitrogens with one attached hydrogen (secondary N) is 2. The summed E-state index contributed by atoms with van der Waals surface area (Å²) in [7, 11) is 1.56. The first kappa shape index (κ1) is 15.8. The third-order valence-electron chi connectivity index (χ3n) is 2.90. The third kappa shape index (κ3) is 4.15. The number of aryl methyl sites for hydroxylation is 1. The fourth-order valence-corrected chi connectivity index (χ4v) is 1.72. The molecule has 0 bridgehead atoms. The second-order valence-corrected chi connectivity index (χ2v) is 4.84. The highest BCUT2D eigenvalue weighted by Crippen LogP contribution is 2.20. The molecule has 6 heteroatoms. The smallest absolute Gasteiger partial charge is 0.326 e. The normalized spacial score (nSPS) is 11.8. The number of anilines is 1. The highest BCUT2D eigenvalue weighted by molar-refractivity contribution is 5.93. The second-order valence-electron chi connectivity index (χ2n) is 4.84. The van der Waals surface area contributed by atoms with Gasteiger partial charge in [-0.15, -0.1) is 0 Å². The van der Waals surface area contributed by atoms with Gasteiger partial charge >= 0.3 is 12.0 Å². The Balaban J connectivity index is 2.73. The number of aliphatic carboxylic acids is 1. The Morgan fingerprint density at radius 2 is 1.95 bits per heavy atom. The number of urea groups is 1. The van der Waals surface area contributed by atoms with Crippen molar-refractivity contribution >= 4 is 17.7 Å². The zero-order chi connectivity index (χ0) is 15.3. The average Bonchev–Trinajstić information content (AvgIpc) is 2.37. The number of methoxy groups -OCH3 is 1. The fourth-order valence-electron chi connectivity index (χ4n) is 1.72. The number of ether oxygens (including phenoxy) is 1. The van der Waals surface area contributed by atoms with E-state index < -0.39 is 18.0 Å². The van der Waals surface area contributed by atoms with Crippen molar-refractivity contribution in [1.82, 2.24) is 5.32 Å². The van der Waals surface area contributed by atoms with E-state index in [2.05, 4.69) is 10.6 Å². The minimum Gasteiger partial charge on any atom is -0.497 e. The summed E-state index contributed by atoms with van der Waals surface area (Å²) in [6.07, 6.45) is 0. The number of carboxylic acid groups (broad SMARTS) is 1. The molecule has 0 unspecified atom stereocenters. The molecule has 2 amide bonds. The van der Waals surface area contributed by atoms with Crippen molar-refractivity contribution in [2.24, 2.45) is 5.92 Å². The van der Waals surface area contributed by atoms with Gasteiger partial charge in [-0.1, -0.05) is 13.8 Å². The van der Waals surface area contributed by atoms with Crippen LogP contribution in [0.4, 0.5) is 10.5 Å². The Morgan fingerprint density at radius 1 is 1.30 bits per heavy atom. The van der Waals surface area contributed by atoms with Gasteiger partial charge in [-0.2, -0.15) is 0 Å². The summed E-state index contributed by atoms with van der Waals surface area (Å²) in [5.74, 6) is -0.559. The maximum atomic E-state index is 11.8. The number of hydrogen-bond donors (Lipinski definition) is 3. The summed E-state index contributed by atoms with van der Waals surface area (Å²) in [5, 5.41) is 14.1. The molecule has 0 aromatic heterocycles. The van der Waals surface area contributed by atoms with Crippen LogP contribution in [0.3, 0.4) is 0 Å². The van der Waals surface area contributed by atoms with Crippen molar-refractivity contribution in [2.45, 2.75) is 26.8 Å². The van der Waals surface area contributed by atoms with Gasteiger partial charge in [0.15, 0.2) is 0 Å². The quantitative estimate of drug-likeness (QED) is 0.771. The van der Waals surface area contributed by atoms with Crippen molar-refractivity contribution in [3.05, 3.63) is 23.8 Å². The van der Waals surface area contributed by atoms with Gasteiger partial charge in [0.1, 0.15) is 11.8 Å². The van der Waals surface area contributed by atoms with Gasteiger partial charge in [-0.25, -0.2) is 9.59 Å². The van der Waals surface area contributed by atoms with Gasteiger partial charge in [0.05, 0.1) is 7.11 Å². The Hall–Kier alpha value is -2.24. The summed E-state index contributed by atoms with van der Waals surface area (Å²) in [5.41, 5.74) is 1.44. The standard InChI is InChI=1S/C14H20N2O4/c1-8(2)12(13(17)18)16-14(19)15-11-6-5-10(20-4)7-9(11)3/h5-8,12H,1-4H3,(H,17,18)(H2,15,16,19)/t12-/m0/s1. The molecule has 1 rings (SSSR count). The summed E-state index contributed by atoms with van der Waals surface area (Å²) in [6.45, 7) is 5.30. The molecule has 0 aliphatic rings. The predicted molar refractivity (Wildman–Crippen MR) is 76.1 cm³/mol. The SMILES string of the molecule is COc1ccc(NC(=O)N[C@H](C(=O)O)C(C)C)c(C)c1. The van der Waals surface area contributed by atoms with Crippen molar-refractivity contribution in [3.63, 3.8) is 0 Å². The highest BCUT2D eigenvalue weighted by atomic mass is 16.5. The van der Waals surface area contributed by atoms with Gasteiger partial charge in [-0.05, 0) is 36.6 Å². The maximum absolute atomic E-state index is 11.8. The van der Waals surface area contributed by atoms with Gasteiger partial charge in [0, 0.05) is 5.69 Å². The number of carbonyl (C=O) groups excluding carboxylic acids is 1. The number of benzene rings is 1. The molecule has 110 valence electrons. The van der Waals surface area contributed by atoms with E-state index in [1.54, 1.807) is 39.2 Å². The van der Waals surface area contributed by atoms with Crippen LogP contribution in [0.15, 0.2) is 18.2 Å². The lowest BCUT2D eigenvalue weighted by Crippen LogP contribution is -2.46. The number of rotatable bonds is 5. The van der Waals surface area contributed by atoms with Crippen molar-refractivity contribution in [2.75, 3.05) is 12.4 Å². The van der Waals surface area contributed by atoms with Crippen LogP contribution in [0.1, 0.15) is 19.4 Å². The lowest BCUT2D eigenvalue weighted by molar-refractivity contribution is -0.140. The van der Waals surface area contributed by atoms with E-state index in [1.165, 1.54) is 0 Å². The lowest BCUT2D eigenvalue weighted by Gasteiger charge is -2.18. The average molecular weight is 280 g/mol. The van der Waals surface area contributed by atoms with Crippen LogP contribution < -0.4 is 15.4 Å². The Labute approximate surface area is 118 Å². The summed E-state index contributed by atoms with van der Waals surface area (Å²) in [4.78, 5) is 22.8. The lowest BCUT2D eigenvalue weighted by atomic mass is 10.1. The molecule has 1 atom stereocenters. The Morgan fingerprint density at radius 3 is 2.40 bits per heavy atom. The van der Waals surface area contributed by atoms with E-state index in [0.29, 0.717) is 11.4 Å². The molecule has 0 spiro atoms. The van der Waals surface area contributed by atoms with Crippen LogP contribution in [0.5, 0.6) is 5.75 Å². The van der Waals surface area contributed by atoms with Gasteiger partial charge in [-0.3, -0.25) is 0 Å². The van der Waals surface area contributed by atoms with Crippen molar-refractivity contribution in [3.8, 4) is 5.75 Å². The first-order valence-corrected chi connectivity index (χ1v) is 6.30. The van der Waals surface area contributed by atoms with E-state index >= 15 is 0 Å². The highest BCUT2D eigenvalue weighted by Gasteiger charge is 2.23.